The van der Waals surface area contributed by atoms with Gasteiger partial charge in [0.25, 0.3) is 0 Å². The van der Waals surface area contributed by atoms with Crippen molar-refractivity contribution in [2.24, 2.45) is 0 Å². The van der Waals surface area contributed by atoms with E-state index >= 15 is 0 Å². The van der Waals surface area contributed by atoms with Crippen LogP contribution in [0.2, 0.25) is 0 Å². The molecule has 3 heteroatoms. The third-order valence-electron chi connectivity index (χ3n) is 3.27. The summed E-state index contributed by atoms with van der Waals surface area (Å²) in [5, 5.41) is 4.66. The predicted octanol–water partition coefficient (Wildman–Crippen LogP) is 3.85. The number of benzene rings is 1. The molecule has 0 spiro atoms. The van der Waals surface area contributed by atoms with Gasteiger partial charge in [-0.15, -0.1) is 10.5 Å². The molecule has 1 atom stereocenters. The maximum absolute atomic E-state index is 6.01. The van der Waals surface area contributed by atoms with Gasteiger partial charge in [0.2, 0.25) is 0 Å². The van der Waals surface area contributed by atoms with Crippen LogP contribution in [0.4, 0.5) is 0 Å². The number of fused-ring (bicyclic) bond motifs is 2. The average Bonchev–Trinajstić information content (AvgIpc) is 2.45. The molecular weight excluding hydrogens is 266 g/mol. The van der Waals surface area contributed by atoms with Crippen molar-refractivity contribution in [3.63, 3.8) is 0 Å². The Morgan fingerprint density at radius 3 is 2.95 bits per heavy atom. The van der Waals surface area contributed by atoms with Crippen molar-refractivity contribution in [1.82, 2.24) is 4.90 Å². The van der Waals surface area contributed by atoms with Crippen LogP contribution in [-0.4, -0.2) is 30.9 Å². The van der Waals surface area contributed by atoms with Gasteiger partial charge in [0, 0.05) is 17.0 Å². The maximum Gasteiger partial charge on any atom is 0.140 e. The first-order chi connectivity index (χ1) is 9.74. The molecule has 0 fully saturated rings. The lowest BCUT2D eigenvalue weighted by Crippen LogP contribution is -2.13. The molecule has 2 aliphatic heterocycles. The number of ether oxygens (including phenoxy) is 1. The summed E-state index contributed by atoms with van der Waals surface area (Å²) in [6, 6.07) is 8.20. The molecule has 0 saturated heterocycles. The first kappa shape index (κ1) is 13.4. The fourth-order valence-corrected chi connectivity index (χ4v) is 3.89. The second-order valence-electron chi connectivity index (χ2n) is 5.14. The summed E-state index contributed by atoms with van der Waals surface area (Å²) in [4.78, 5) is 3.51. The van der Waals surface area contributed by atoms with E-state index in [2.05, 4.69) is 60.1 Å². The molecule has 2 aliphatic rings. The third-order valence-corrected chi connectivity index (χ3v) is 5.14. The van der Waals surface area contributed by atoms with Crippen molar-refractivity contribution >= 4 is 21.9 Å². The monoisotopic (exact) mass is 285 g/mol. The molecule has 20 heavy (non-hydrogen) atoms. The van der Waals surface area contributed by atoms with Gasteiger partial charge in [-0.3, -0.25) is 0 Å². The summed E-state index contributed by atoms with van der Waals surface area (Å²) in [6.07, 6.45) is 7.52. The summed E-state index contributed by atoms with van der Waals surface area (Å²) in [5.41, 5.74) is 1.17. The van der Waals surface area contributed by atoms with Gasteiger partial charge in [0.05, 0.1) is 0 Å². The van der Waals surface area contributed by atoms with Gasteiger partial charge in [-0.05, 0) is 44.1 Å². The van der Waals surface area contributed by atoms with Crippen molar-refractivity contribution in [3.8, 4) is 5.75 Å². The predicted molar refractivity (Wildman–Crippen MR) is 89.1 cm³/mol. The molecule has 0 saturated carbocycles. The lowest BCUT2D eigenvalue weighted by molar-refractivity contribution is 0.424. The zero-order chi connectivity index (χ0) is 13.9. The van der Waals surface area contributed by atoms with E-state index in [1.165, 1.54) is 10.5 Å². The van der Waals surface area contributed by atoms with Crippen molar-refractivity contribution in [1.29, 1.82) is 0 Å². The normalized spacial score (nSPS) is 20.1. The van der Waals surface area contributed by atoms with E-state index in [0.29, 0.717) is 0 Å². The standard InChI is InChI=1S/C17H19NOS/c1-18(2)10-6-12-20-11-5-9-16-17(20)13-14-7-3-4-8-15(14)19-16/h3-5,7-9,11-13H,6,10H2,1-2H3. The minimum atomic E-state index is 0.0507. The number of para-hydroxylation sites is 1. The fraction of sp³-hybridized carbons (Fsp3) is 0.235. The number of hydrogen-bond donors (Lipinski definition) is 0. The van der Waals surface area contributed by atoms with E-state index in [-0.39, 0.29) is 10.5 Å². The summed E-state index contributed by atoms with van der Waals surface area (Å²) >= 11 is 0. The second-order valence-corrected chi connectivity index (χ2v) is 6.93. The highest BCUT2D eigenvalue weighted by atomic mass is 32.2. The summed E-state index contributed by atoms with van der Waals surface area (Å²) < 4.78 is 6.01. The zero-order valence-electron chi connectivity index (χ0n) is 11.9. The molecule has 1 aromatic rings. The van der Waals surface area contributed by atoms with Gasteiger partial charge < -0.3 is 9.64 Å². The molecule has 1 aromatic carbocycles. The van der Waals surface area contributed by atoms with Crippen LogP contribution in [0.25, 0.3) is 6.08 Å². The van der Waals surface area contributed by atoms with E-state index in [0.717, 1.165) is 24.5 Å². The molecule has 3 rings (SSSR count). The van der Waals surface area contributed by atoms with Crippen molar-refractivity contribution in [3.05, 3.63) is 58.1 Å². The third kappa shape index (κ3) is 2.79. The summed E-state index contributed by atoms with van der Waals surface area (Å²) in [5.74, 6) is 1.95. The van der Waals surface area contributed by atoms with Crippen LogP contribution in [-0.2, 0) is 0 Å². The van der Waals surface area contributed by atoms with E-state index in [1.807, 2.05) is 12.1 Å². The van der Waals surface area contributed by atoms with Crippen LogP contribution < -0.4 is 4.74 Å². The Kier molecular flexibility index (Phi) is 3.90. The molecule has 0 amide bonds. The second kappa shape index (κ2) is 5.81. The Balaban J connectivity index is 1.91. The van der Waals surface area contributed by atoms with Crippen LogP contribution in [0.1, 0.15) is 12.0 Å². The van der Waals surface area contributed by atoms with Gasteiger partial charge in [0.15, 0.2) is 0 Å². The lowest BCUT2D eigenvalue weighted by Gasteiger charge is -2.23. The number of hydrogen-bond acceptors (Lipinski definition) is 2. The van der Waals surface area contributed by atoms with Crippen LogP contribution >= 0.6 is 10.5 Å². The van der Waals surface area contributed by atoms with Gasteiger partial charge in [-0.2, -0.15) is 0 Å². The molecule has 0 bridgehead atoms. The first-order valence-electron chi connectivity index (χ1n) is 6.81. The molecule has 0 aromatic heterocycles. The van der Waals surface area contributed by atoms with Crippen molar-refractivity contribution in [2.45, 2.75) is 6.42 Å². The van der Waals surface area contributed by atoms with Crippen LogP contribution in [0.15, 0.2) is 52.5 Å². The number of rotatable bonds is 3. The lowest BCUT2D eigenvalue weighted by atomic mass is 10.1. The Labute approximate surface area is 123 Å². The topological polar surface area (TPSA) is 12.5 Å². The van der Waals surface area contributed by atoms with Crippen molar-refractivity contribution in [2.75, 3.05) is 20.6 Å². The quantitative estimate of drug-likeness (QED) is 0.782. The van der Waals surface area contributed by atoms with Crippen molar-refractivity contribution < 1.29 is 4.74 Å². The number of allylic oxidation sites excluding steroid dienone is 2. The smallest absolute Gasteiger partial charge is 0.140 e. The average molecular weight is 285 g/mol. The minimum Gasteiger partial charge on any atom is -0.456 e. The molecule has 0 radical (unpaired) electrons. The highest BCUT2D eigenvalue weighted by Crippen LogP contribution is 2.42. The Bertz CT molecular complexity index is 638. The van der Waals surface area contributed by atoms with E-state index in [1.54, 1.807) is 0 Å². The van der Waals surface area contributed by atoms with Gasteiger partial charge in [-0.25, -0.2) is 0 Å². The van der Waals surface area contributed by atoms with E-state index < -0.39 is 0 Å². The molecule has 1 unspecified atom stereocenters. The Morgan fingerprint density at radius 2 is 2.10 bits per heavy atom. The van der Waals surface area contributed by atoms with Crippen LogP contribution in [0, 0.1) is 0 Å². The molecule has 2 nitrogen and oxygen atoms in total. The molecular formula is C17H19NOS. The summed E-state index contributed by atoms with van der Waals surface area (Å²) in [7, 11) is 4.27. The van der Waals surface area contributed by atoms with Gasteiger partial charge in [0.1, 0.15) is 11.5 Å². The SMILES string of the molecule is CN(C)CCC=S1C=CC=C2Oc3ccccc3C=C21. The largest absolute Gasteiger partial charge is 0.456 e. The highest BCUT2D eigenvalue weighted by Gasteiger charge is 2.19. The first-order valence-corrected chi connectivity index (χ1v) is 8.16. The fourth-order valence-electron chi connectivity index (χ4n) is 2.24. The van der Waals surface area contributed by atoms with Gasteiger partial charge in [-0.1, -0.05) is 29.6 Å². The Morgan fingerprint density at radius 1 is 1.25 bits per heavy atom. The molecule has 0 N–H and O–H groups in total. The summed E-state index contributed by atoms with van der Waals surface area (Å²) in [6.45, 7) is 1.08. The van der Waals surface area contributed by atoms with Gasteiger partial charge >= 0.3 is 0 Å². The maximum atomic E-state index is 6.01. The Hall–Kier alpha value is -1.58. The highest BCUT2D eigenvalue weighted by molar-refractivity contribution is 8.21. The van der Waals surface area contributed by atoms with Crippen LogP contribution in [0.5, 0.6) is 5.75 Å². The molecule has 2 heterocycles. The van der Waals surface area contributed by atoms with E-state index in [9.17, 15) is 0 Å². The minimum absolute atomic E-state index is 0.0507. The number of nitrogens with zero attached hydrogens (tertiary/aromatic N) is 1. The molecule has 0 aliphatic carbocycles. The van der Waals surface area contributed by atoms with E-state index in [4.69, 9.17) is 4.74 Å². The zero-order valence-corrected chi connectivity index (χ0v) is 12.7. The van der Waals surface area contributed by atoms with Crippen LogP contribution in [0.3, 0.4) is 0 Å². The molecule has 104 valence electrons.